The van der Waals surface area contributed by atoms with Crippen molar-refractivity contribution in [2.45, 2.75) is 40.2 Å². The average molecular weight is 343 g/mol. The van der Waals surface area contributed by atoms with Crippen molar-refractivity contribution in [3.63, 3.8) is 0 Å². The summed E-state index contributed by atoms with van der Waals surface area (Å²) in [5.74, 6) is 1.67. The van der Waals surface area contributed by atoms with Crippen molar-refractivity contribution in [2.75, 3.05) is 12.4 Å². The quantitative estimate of drug-likeness (QED) is 0.692. The minimum Gasteiger partial charge on any atom is -0.495 e. The van der Waals surface area contributed by atoms with E-state index < -0.39 is 0 Å². The van der Waals surface area contributed by atoms with Gasteiger partial charge in [0.1, 0.15) is 18.1 Å². The lowest BCUT2D eigenvalue weighted by Gasteiger charge is -2.17. The smallest absolute Gasteiger partial charge is 0.142 e. The van der Waals surface area contributed by atoms with Crippen LogP contribution in [0.25, 0.3) is 0 Å². The molecule has 1 N–H and O–H groups in total. The second-order valence-corrected chi connectivity index (χ2v) is 6.13. The highest BCUT2D eigenvalue weighted by molar-refractivity contribution is 7.80. The Labute approximate surface area is 150 Å². The number of anilines is 1. The SMILES string of the molecule is CCC(=S)Nc1c(COc2ccc(CC)cc2C)cccc1OC. The summed E-state index contributed by atoms with van der Waals surface area (Å²) >= 11 is 5.32. The van der Waals surface area contributed by atoms with E-state index in [0.717, 1.165) is 46.1 Å². The van der Waals surface area contributed by atoms with E-state index in [1.165, 1.54) is 5.56 Å². The molecule has 0 spiro atoms. The number of benzene rings is 2. The van der Waals surface area contributed by atoms with E-state index in [9.17, 15) is 0 Å². The van der Waals surface area contributed by atoms with Crippen LogP contribution in [0.5, 0.6) is 11.5 Å². The fraction of sp³-hybridized carbons (Fsp3) is 0.350. The minimum atomic E-state index is 0.457. The maximum atomic E-state index is 6.04. The first-order valence-electron chi connectivity index (χ1n) is 8.27. The summed E-state index contributed by atoms with van der Waals surface area (Å²) in [6.45, 7) is 6.71. The molecular formula is C20H25NO2S. The number of ether oxygens (including phenoxy) is 2. The Balaban J connectivity index is 2.21. The van der Waals surface area contributed by atoms with Crippen LogP contribution in [-0.4, -0.2) is 12.1 Å². The van der Waals surface area contributed by atoms with Crippen LogP contribution in [0.3, 0.4) is 0 Å². The van der Waals surface area contributed by atoms with Crippen LogP contribution in [0, 0.1) is 6.92 Å². The molecule has 0 amide bonds. The lowest BCUT2D eigenvalue weighted by atomic mass is 10.1. The zero-order valence-corrected chi connectivity index (χ0v) is 15.6. The second-order valence-electron chi connectivity index (χ2n) is 5.64. The molecule has 0 fully saturated rings. The van der Waals surface area contributed by atoms with Crippen LogP contribution in [0.1, 0.15) is 37.0 Å². The van der Waals surface area contributed by atoms with Crippen molar-refractivity contribution < 1.29 is 9.47 Å². The van der Waals surface area contributed by atoms with Gasteiger partial charge in [-0.15, -0.1) is 0 Å². The van der Waals surface area contributed by atoms with Crippen molar-refractivity contribution in [1.29, 1.82) is 0 Å². The van der Waals surface area contributed by atoms with Gasteiger partial charge in [-0.2, -0.15) is 0 Å². The molecule has 0 aliphatic rings. The molecule has 2 aromatic rings. The molecule has 0 radical (unpaired) electrons. The lowest BCUT2D eigenvalue weighted by molar-refractivity contribution is 0.304. The van der Waals surface area contributed by atoms with Gasteiger partial charge in [-0.1, -0.05) is 50.3 Å². The summed E-state index contributed by atoms with van der Waals surface area (Å²) in [5.41, 5.74) is 4.37. The van der Waals surface area contributed by atoms with E-state index in [-0.39, 0.29) is 0 Å². The van der Waals surface area contributed by atoms with Gasteiger partial charge in [-0.3, -0.25) is 0 Å². The summed E-state index contributed by atoms with van der Waals surface area (Å²) in [6.07, 6.45) is 1.81. The van der Waals surface area contributed by atoms with E-state index in [2.05, 4.69) is 31.3 Å². The number of aryl methyl sites for hydroxylation is 2. The van der Waals surface area contributed by atoms with Crippen molar-refractivity contribution in [1.82, 2.24) is 0 Å². The van der Waals surface area contributed by atoms with E-state index in [1.807, 2.05) is 31.2 Å². The molecule has 0 atom stereocenters. The van der Waals surface area contributed by atoms with Gasteiger partial charge >= 0.3 is 0 Å². The Hall–Kier alpha value is -2.07. The van der Waals surface area contributed by atoms with Crippen LogP contribution >= 0.6 is 12.2 Å². The normalized spacial score (nSPS) is 10.3. The zero-order valence-electron chi connectivity index (χ0n) is 14.8. The highest BCUT2D eigenvalue weighted by Gasteiger charge is 2.11. The van der Waals surface area contributed by atoms with E-state index >= 15 is 0 Å². The Kier molecular flexibility index (Phi) is 6.62. The summed E-state index contributed by atoms with van der Waals surface area (Å²) in [4.78, 5) is 0.782. The first-order valence-corrected chi connectivity index (χ1v) is 8.67. The molecule has 0 aliphatic heterocycles. The highest BCUT2D eigenvalue weighted by atomic mass is 32.1. The van der Waals surface area contributed by atoms with Gasteiger partial charge in [0.2, 0.25) is 0 Å². The Morgan fingerprint density at radius 3 is 2.54 bits per heavy atom. The minimum absolute atomic E-state index is 0.457. The predicted octanol–water partition coefficient (Wildman–Crippen LogP) is 5.29. The van der Waals surface area contributed by atoms with Gasteiger partial charge < -0.3 is 14.8 Å². The molecule has 24 heavy (non-hydrogen) atoms. The lowest BCUT2D eigenvalue weighted by Crippen LogP contribution is -2.11. The highest BCUT2D eigenvalue weighted by Crippen LogP contribution is 2.30. The molecule has 0 saturated heterocycles. The van der Waals surface area contributed by atoms with E-state index in [1.54, 1.807) is 7.11 Å². The van der Waals surface area contributed by atoms with Crippen molar-refractivity contribution in [2.24, 2.45) is 0 Å². The molecule has 0 heterocycles. The second kappa shape index (κ2) is 8.69. The molecule has 2 rings (SSSR count). The third kappa shape index (κ3) is 4.48. The zero-order chi connectivity index (χ0) is 17.5. The third-order valence-electron chi connectivity index (χ3n) is 3.95. The predicted molar refractivity (Wildman–Crippen MR) is 104 cm³/mol. The summed E-state index contributed by atoms with van der Waals surface area (Å²) in [7, 11) is 1.66. The van der Waals surface area contributed by atoms with E-state index in [4.69, 9.17) is 21.7 Å². The van der Waals surface area contributed by atoms with Crippen LogP contribution in [-0.2, 0) is 13.0 Å². The van der Waals surface area contributed by atoms with Crippen molar-refractivity contribution in [3.8, 4) is 11.5 Å². The third-order valence-corrected chi connectivity index (χ3v) is 4.34. The number of methoxy groups -OCH3 is 1. The Morgan fingerprint density at radius 2 is 1.92 bits per heavy atom. The Morgan fingerprint density at radius 1 is 1.12 bits per heavy atom. The maximum absolute atomic E-state index is 6.04. The number of hydrogen-bond donors (Lipinski definition) is 1. The van der Waals surface area contributed by atoms with Gasteiger partial charge in [0.05, 0.1) is 17.8 Å². The van der Waals surface area contributed by atoms with Gasteiger partial charge in [-0.05, 0) is 43.0 Å². The molecule has 0 aromatic heterocycles. The molecular weight excluding hydrogens is 318 g/mol. The van der Waals surface area contributed by atoms with Crippen LogP contribution in [0.2, 0.25) is 0 Å². The fourth-order valence-electron chi connectivity index (χ4n) is 2.49. The van der Waals surface area contributed by atoms with Crippen molar-refractivity contribution >= 4 is 22.9 Å². The molecule has 0 aliphatic carbocycles. The van der Waals surface area contributed by atoms with Gasteiger partial charge in [0.25, 0.3) is 0 Å². The molecule has 0 saturated carbocycles. The summed E-state index contributed by atoms with van der Waals surface area (Å²) in [6, 6.07) is 12.2. The van der Waals surface area contributed by atoms with E-state index in [0.29, 0.717) is 6.61 Å². The molecule has 2 aromatic carbocycles. The van der Waals surface area contributed by atoms with Crippen LogP contribution in [0.4, 0.5) is 5.69 Å². The number of rotatable bonds is 7. The van der Waals surface area contributed by atoms with Crippen LogP contribution < -0.4 is 14.8 Å². The van der Waals surface area contributed by atoms with Gasteiger partial charge in [0, 0.05) is 5.56 Å². The first-order chi connectivity index (χ1) is 11.6. The number of thiocarbonyl (C=S) groups is 1. The average Bonchev–Trinajstić information content (AvgIpc) is 2.61. The summed E-state index contributed by atoms with van der Waals surface area (Å²) < 4.78 is 11.5. The topological polar surface area (TPSA) is 30.5 Å². The van der Waals surface area contributed by atoms with Crippen LogP contribution in [0.15, 0.2) is 36.4 Å². The molecule has 128 valence electrons. The van der Waals surface area contributed by atoms with Crippen molar-refractivity contribution in [3.05, 3.63) is 53.1 Å². The fourth-order valence-corrected chi connectivity index (χ4v) is 2.59. The summed E-state index contributed by atoms with van der Waals surface area (Å²) in [5, 5.41) is 3.28. The molecule has 0 unspecified atom stereocenters. The maximum Gasteiger partial charge on any atom is 0.142 e. The molecule has 3 nitrogen and oxygen atoms in total. The van der Waals surface area contributed by atoms with Gasteiger partial charge in [0.15, 0.2) is 0 Å². The first kappa shape index (κ1) is 18.3. The Bertz CT molecular complexity index is 713. The standard InChI is InChI=1S/C20H25NO2S/c1-5-15-10-11-17(14(3)12-15)23-13-16-8-7-9-18(22-4)20(16)21-19(24)6-2/h7-12H,5-6,13H2,1-4H3,(H,21,24). The monoisotopic (exact) mass is 343 g/mol. The number of nitrogens with one attached hydrogen (secondary N) is 1. The van der Waals surface area contributed by atoms with Gasteiger partial charge in [-0.25, -0.2) is 0 Å². The number of hydrogen-bond acceptors (Lipinski definition) is 3. The number of para-hydroxylation sites is 1. The largest absolute Gasteiger partial charge is 0.495 e. The molecule has 0 bridgehead atoms. The molecule has 4 heteroatoms.